The zero-order chi connectivity index (χ0) is 12.0. The molecule has 0 saturated carbocycles. The quantitative estimate of drug-likeness (QED) is 0.724. The van der Waals surface area contributed by atoms with E-state index in [1.165, 1.54) is 5.56 Å². The van der Waals surface area contributed by atoms with E-state index in [0.29, 0.717) is 5.92 Å². The topological polar surface area (TPSA) is 20.2 Å². The Morgan fingerprint density at radius 3 is 2.38 bits per heavy atom. The van der Waals surface area contributed by atoms with Crippen LogP contribution in [0.5, 0.6) is 0 Å². The Hall–Kier alpha value is -1.08. The summed E-state index contributed by atoms with van der Waals surface area (Å²) in [4.78, 5) is 0. The fourth-order valence-electron chi connectivity index (χ4n) is 2.25. The van der Waals surface area contributed by atoms with Gasteiger partial charge >= 0.3 is 0 Å². The van der Waals surface area contributed by atoms with E-state index in [1.807, 2.05) is 24.3 Å². The summed E-state index contributed by atoms with van der Waals surface area (Å²) in [5.41, 5.74) is 1.10. The van der Waals surface area contributed by atoms with Crippen LogP contribution in [0.3, 0.4) is 0 Å². The van der Waals surface area contributed by atoms with Gasteiger partial charge in [-0.25, -0.2) is 0 Å². The normalized spacial score (nSPS) is 14.8. The third kappa shape index (κ3) is 2.53. The second-order valence-electron chi connectivity index (χ2n) is 4.66. The number of hydrogen-bond acceptors (Lipinski definition) is 1. The molecule has 1 atom stereocenters. The molecule has 1 rings (SSSR count). The van der Waals surface area contributed by atoms with Crippen molar-refractivity contribution >= 4 is 0 Å². The van der Waals surface area contributed by atoms with E-state index in [9.17, 15) is 5.11 Å². The van der Waals surface area contributed by atoms with Crippen LogP contribution in [0, 0.1) is 5.92 Å². The van der Waals surface area contributed by atoms with Gasteiger partial charge < -0.3 is 5.11 Å². The minimum absolute atomic E-state index is 0.130. The van der Waals surface area contributed by atoms with Gasteiger partial charge in [0, 0.05) is 5.41 Å². The number of aliphatic hydroxyl groups is 1. The highest BCUT2D eigenvalue weighted by atomic mass is 16.3. The van der Waals surface area contributed by atoms with E-state index >= 15 is 0 Å². The lowest BCUT2D eigenvalue weighted by Gasteiger charge is -2.36. The summed E-state index contributed by atoms with van der Waals surface area (Å²) in [6.07, 6.45) is 3.82. The summed E-state index contributed by atoms with van der Waals surface area (Å²) in [6.45, 7) is 8.31. The summed E-state index contributed by atoms with van der Waals surface area (Å²) in [6, 6.07) is 10.3. The Balaban J connectivity index is 3.06. The van der Waals surface area contributed by atoms with Gasteiger partial charge in [-0.15, -0.1) is 6.58 Å². The Morgan fingerprint density at radius 2 is 1.94 bits per heavy atom. The molecule has 88 valence electrons. The van der Waals surface area contributed by atoms with Crippen molar-refractivity contribution in [2.45, 2.75) is 32.1 Å². The molecule has 0 amide bonds. The van der Waals surface area contributed by atoms with Crippen LogP contribution in [0.4, 0.5) is 0 Å². The molecular weight excluding hydrogens is 196 g/mol. The standard InChI is InChI=1S/C15H22O/c1-4-5-11-15(12-16,13(2)3)14-9-7-6-8-10-14/h4,6-10,13,16H,1,5,11-12H2,2-3H3. The number of allylic oxidation sites excluding steroid dienone is 1. The zero-order valence-corrected chi connectivity index (χ0v) is 10.3. The molecule has 0 aromatic heterocycles. The van der Waals surface area contributed by atoms with E-state index in [0.717, 1.165) is 12.8 Å². The van der Waals surface area contributed by atoms with Gasteiger partial charge in [0.2, 0.25) is 0 Å². The molecule has 0 aliphatic carbocycles. The second-order valence-corrected chi connectivity index (χ2v) is 4.66. The Kier molecular flexibility index (Phi) is 4.75. The fourth-order valence-corrected chi connectivity index (χ4v) is 2.25. The number of hydrogen-bond donors (Lipinski definition) is 1. The maximum atomic E-state index is 9.79. The molecule has 1 unspecified atom stereocenters. The minimum Gasteiger partial charge on any atom is -0.395 e. The highest BCUT2D eigenvalue weighted by molar-refractivity contribution is 5.26. The van der Waals surface area contributed by atoms with Crippen LogP contribution in [0.1, 0.15) is 32.3 Å². The Labute approximate surface area is 98.8 Å². The van der Waals surface area contributed by atoms with E-state index in [2.05, 4.69) is 32.6 Å². The highest BCUT2D eigenvalue weighted by Crippen LogP contribution is 2.36. The van der Waals surface area contributed by atoms with Crippen molar-refractivity contribution in [3.63, 3.8) is 0 Å². The van der Waals surface area contributed by atoms with Crippen molar-refractivity contribution < 1.29 is 5.11 Å². The molecule has 16 heavy (non-hydrogen) atoms. The maximum absolute atomic E-state index is 9.79. The summed E-state index contributed by atoms with van der Waals surface area (Å²) in [5, 5.41) is 9.79. The molecule has 1 aromatic carbocycles. The fraction of sp³-hybridized carbons (Fsp3) is 0.467. The number of benzene rings is 1. The largest absolute Gasteiger partial charge is 0.395 e. The molecular formula is C15H22O. The maximum Gasteiger partial charge on any atom is 0.0530 e. The Bertz CT molecular complexity index is 315. The zero-order valence-electron chi connectivity index (χ0n) is 10.3. The molecule has 1 heteroatoms. The van der Waals surface area contributed by atoms with Crippen LogP contribution in [-0.2, 0) is 5.41 Å². The van der Waals surface area contributed by atoms with Crippen LogP contribution in [0.2, 0.25) is 0 Å². The van der Waals surface area contributed by atoms with Gasteiger partial charge in [-0.3, -0.25) is 0 Å². The lowest BCUT2D eigenvalue weighted by Crippen LogP contribution is -2.36. The van der Waals surface area contributed by atoms with E-state index in [1.54, 1.807) is 0 Å². The average molecular weight is 218 g/mol. The van der Waals surface area contributed by atoms with Crippen LogP contribution in [-0.4, -0.2) is 11.7 Å². The monoisotopic (exact) mass is 218 g/mol. The molecule has 0 aliphatic heterocycles. The van der Waals surface area contributed by atoms with Gasteiger partial charge in [-0.2, -0.15) is 0 Å². The first kappa shape index (κ1) is 13.0. The molecule has 1 N–H and O–H groups in total. The van der Waals surface area contributed by atoms with Crippen LogP contribution in [0.15, 0.2) is 43.0 Å². The van der Waals surface area contributed by atoms with Crippen LogP contribution in [0.25, 0.3) is 0 Å². The van der Waals surface area contributed by atoms with Gasteiger partial charge in [0.1, 0.15) is 0 Å². The first-order chi connectivity index (χ1) is 7.67. The molecule has 1 aromatic rings. The first-order valence-corrected chi connectivity index (χ1v) is 5.94. The summed E-state index contributed by atoms with van der Waals surface area (Å²) >= 11 is 0. The average Bonchev–Trinajstić information content (AvgIpc) is 2.31. The number of rotatable bonds is 6. The SMILES string of the molecule is C=CCCC(CO)(c1ccccc1)C(C)C. The molecule has 0 aliphatic rings. The highest BCUT2D eigenvalue weighted by Gasteiger charge is 2.33. The molecule has 0 radical (unpaired) electrons. The van der Waals surface area contributed by atoms with E-state index in [4.69, 9.17) is 0 Å². The van der Waals surface area contributed by atoms with Crippen molar-refractivity contribution in [3.8, 4) is 0 Å². The smallest absolute Gasteiger partial charge is 0.0530 e. The molecule has 0 heterocycles. The van der Waals surface area contributed by atoms with Crippen LogP contribution >= 0.6 is 0 Å². The van der Waals surface area contributed by atoms with Gasteiger partial charge in [0.15, 0.2) is 0 Å². The first-order valence-electron chi connectivity index (χ1n) is 5.94. The van der Waals surface area contributed by atoms with Crippen molar-refractivity contribution in [1.29, 1.82) is 0 Å². The van der Waals surface area contributed by atoms with Crippen molar-refractivity contribution in [3.05, 3.63) is 48.6 Å². The Morgan fingerprint density at radius 1 is 1.31 bits per heavy atom. The molecule has 1 nitrogen and oxygen atoms in total. The third-order valence-corrected chi connectivity index (χ3v) is 3.53. The van der Waals surface area contributed by atoms with Crippen molar-refractivity contribution in [2.24, 2.45) is 5.92 Å². The second kappa shape index (κ2) is 5.86. The van der Waals surface area contributed by atoms with E-state index < -0.39 is 0 Å². The summed E-state index contributed by atoms with van der Waals surface area (Å²) in [5.74, 6) is 0.417. The van der Waals surface area contributed by atoms with Crippen molar-refractivity contribution in [1.82, 2.24) is 0 Å². The van der Waals surface area contributed by atoms with Crippen molar-refractivity contribution in [2.75, 3.05) is 6.61 Å². The van der Waals surface area contributed by atoms with Gasteiger partial charge in [0.25, 0.3) is 0 Å². The predicted molar refractivity (Wildman–Crippen MR) is 69.5 cm³/mol. The van der Waals surface area contributed by atoms with Gasteiger partial charge in [-0.1, -0.05) is 50.3 Å². The minimum atomic E-state index is -0.130. The lowest BCUT2D eigenvalue weighted by atomic mass is 9.69. The number of aliphatic hydroxyl groups excluding tert-OH is 1. The summed E-state index contributed by atoms with van der Waals surface area (Å²) < 4.78 is 0. The molecule has 0 spiro atoms. The molecule has 0 fully saturated rings. The predicted octanol–water partition coefficient (Wildman–Crippen LogP) is 3.54. The summed E-state index contributed by atoms with van der Waals surface area (Å²) in [7, 11) is 0. The lowest BCUT2D eigenvalue weighted by molar-refractivity contribution is 0.141. The van der Waals surface area contributed by atoms with Crippen LogP contribution < -0.4 is 0 Å². The van der Waals surface area contributed by atoms with E-state index in [-0.39, 0.29) is 12.0 Å². The molecule has 0 bridgehead atoms. The van der Waals surface area contributed by atoms with Gasteiger partial charge in [-0.05, 0) is 24.3 Å². The molecule has 0 saturated heterocycles. The third-order valence-electron chi connectivity index (χ3n) is 3.53. The van der Waals surface area contributed by atoms with Gasteiger partial charge in [0.05, 0.1) is 6.61 Å².